The number of carbonyl (C=O) groups is 2. The first-order chi connectivity index (χ1) is 14.8. The van der Waals surface area contributed by atoms with Crippen molar-refractivity contribution in [1.29, 1.82) is 0 Å². The number of hydrogen-bond acceptors (Lipinski definition) is 4. The first-order valence-corrected chi connectivity index (χ1v) is 9.91. The average molecular weight is 482 g/mol. The van der Waals surface area contributed by atoms with E-state index in [1.807, 2.05) is 0 Å². The lowest BCUT2D eigenvalue weighted by atomic mass is 10.1. The van der Waals surface area contributed by atoms with Crippen LogP contribution in [0.1, 0.15) is 20.8 Å². The number of aromatic nitrogens is 3. The van der Waals surface area contributed by atoms with Gasteiger partial charge in [-0.15, -0.1) is 0 Å². The second-order valence-electron chi connectivity index (χ2n) is 6.73. The Balaban J connectivity index is 1.60. The standard InChI is InChI=1S/C21H16BrN5O4/c1-26-11-13(22)10-17(26)19(29)25-24-18(28)12-7-8-15-16(9-12)23-21(31)27(20(15)30)14-5-3-2-4-6-14/h2-11H,1H3,(H,23,31)(H,24,28)(H,25,29). The summed E-state index contributed by atoms with van der Waals surface area (Å²) < 4.78 is 3.36. The van der Waals surface area contributed by atoms with E-state index in [0.717, 1.165) is 9.04 Å². The van der Waals surface area contributed by atoms with Crippen molar-refractivity contribution in [1.82, 2.24) is 25.0 Å². The van der Waals surface area contributed by atoms with Crippen LogP contribution >= 0.6 is 15.9 Å². The largest absolute Gasteiger partial charge is 0.345 e. The highest BCUT2D eigenvalue weighted by Crippen LogP contribution is 2.13. The van der Waals surface area contributed by atoms with Gasteiger partial charge in [0.25, 0.3) is 17.4 Å². The molecule has 0 aliphatic rings. The summed E-state index contributed by atoms with van der Waals surface area (Å²) >= 11 is 3.28. The zero-order valence-electron chi connectivity index (χ0n) is 16.2. The Kier molecular flexibility index (Phi) is 5.30. The van der Waals surface area contributed by atoms with E-state index in [1.165, 1.54) is 18.2 Å². The molecule has 0 aliphatic heterocycles. The molecule has 0 bridgehead atoms. The minimum Gasteiger partial charge on any atom is -0.345 e. The van der Waals surface area contributed by atoms with Crippen molar-refractivity contribution in [2.45, 2.75) is 0 Å². The third kappa shape index (κ3) is 3.92. The Morgan fingerprint density at radius 1 is 0.968 bits per heavy atom. The van der Waals surface area contributed by atoms with Crippen LogP contribution in [0.15, 0.2) is 74.9 Å². The normalized spacial score (nSPS) is 10.8. The summed E-state index contributed by atoms with van der Waals surface area (Å²) in [6.45, 7) is 0. The molecule has 0 atom stereocenters. The van der Waals surface area contributed by atoms with Gasteiger partial charge in [0.2, 0.25) is 0 Å². The van der Waals surface area contributed by atoms with E-state index >= 15 is 0 Å². The van der Waals surface area contributed by atoms with Crippen LogP contribution in [0.3, 0.4) is 0 Å². The van der Waals surface area contributed by atoms with Crippen LogP contribution in [0.4, 0.5) is 0 Å². The Hall–Kier alpha value is -3.92. The molecule has 2 amide bonds. The highest BCUT2D eigenvalue weighted by molar-refractivity contribution is 9.10. The van der Waals surface area contributed by atoms with Gasteiger partial charge < -0.3 is 9.55 Å². The van der Waals surface area contributed by atoms with Crippen LogP contribution in [0.2, 0.25) is 0 Å². The van der Waals surface area contributed by atoms with E-state index in [0.29, 0.717) is 11.4 Å². The highest BCUT2D eigenvalue weighted by Gasteiger charge is 2.15. The molecule has 0 saturated carbocycles. The van der Waals surface area contributed by atoms with E-state index in [2.05, 4.69) is 31.8 Å². The lowest BCUT2D eigenvalue weighted by Gasteiger charge is -2.09. The molecule has 0 aliphatic carbocycles. The average Bonchev–Trinajstić information content (AvgIpc) is 3.10. The number of aromatic amines is 1. The number of carbonyl (C=O) groups excluding carboxylic acids is 2. The molecule has 0 unspecified atom stereocenters. The second kappa shape index (κ2) is 8.07. The van der Waals surface area contributed by atoms with E-state index in [1.54, 1.807) is 54.2 Å². The molecule has 2 aromatic heterocycles. The number of hydrazine groups is 1. The van der Waals surface area contributed by atoms with Gasteiger partial charge >= 0.3 is 5.69 Å². The molecule has 2 aromatic carbocycles. The second-order valence-corrected chi connectivity index (χ2v) is 7.65. The summed E-state index contributed by atoms with van der Waals surface area (Å²) in [5.74, 6) is -1.10. The summed E-state index contributed by atoms with van der Waals surface area (Å²) in [4.78, 5) is 52.6. The van der Waals surface area contributed by atoms with Crippen molar-refractivity contribution >= 4 is 38.6 Å². The fraction of sp³-hybridized carbons (Fsp3) is 0.0476. The number of hydrogen-bond donors (Lipinski definition) is 3. The molecule has 0 spiro atoms. The molecule has 0 fully saturated rings. The van der Waals surface area contributed by atoms with Crippen LogP contribution in [-0.2, 0) is 7.05 Å². The molecule has 10 heteroatoms. The SMILES string of the molecule is Cn1cc(Br)cc1C(=O)NNC(=O)c1ccc2c(=O)n(-c3ccccc3)c(=O)[nH]c2c1. The minimum atomic E-state index is -0.621. The molecule has 9 nitrogen and oxygen atoms in total. The number of H-pyrrole nitrogens is 1. The van der Waals surface area contributed by atoms with E-state index in [9.17, 15) is 19.2 Å². The fourth-order valence-electron chi connectivity index (χ4n) is 3.17. The molecule has 0 radical (unpaired) electrons. The van der Waals surface area contributed by atoms with E-state index < -0.39 is 23.1 Å². The number of benzene rings is 2. The summed E-state index contributed by atoms with van der Waals surface area (Å²) in [6.07, 6.45) is 1.71. The first kappa shape index (κ1) is 20.4. The molecule has 3 N–H and O–H groups in total. The van der Waals surface area contributed by atoms with Gasteiger partial charge in [-0.1, -0.05) is 18.2 Å². The zero-order valence-corrected chi connectivity index (χ0v) is 17.8. The maximum atomic E-state index is 12.8. The maximum absolute atomic E-state index is 12.8. The van der Waals surface area contributed by atoms with Gasteiger partial charge in [-0.05, 0) is 52.3 Å². The molecule has 156 valence electrons. The number of rotatable bonds is 3. The summed E-state index contributed by atoms with van der Waals surface area (Å²) in [7, 11) is 1.70. The summed E-state index contributed by atoms with van der Waals surface area (Å²) in [6, 6.07) is 14.4. The maximum Gasteiger partial charge on any atom is 0.333 e. The monoisotopic (exact) mass is 481 g/mol. The Labute approximate surface area is 183 Å². The smallest absolute Gasteiger partial charge is 0.333 e. The van der Waals surface area contributed by atoms with Gasteiger partial charge in [0, 0.05) is 23.3 Å². The van der Waals surface area contributed by atoms with E-state index in [-0.39, 0.29) is 16.5 Å². The lowest BCUT2D eigenvalue weighted by Crippen LogP contribution is -2.42. The van der Waals surface area contributed by atoms with Crippen molar-refractivity contribution in [3.05, 3.63) is 97.4 Å². The molecule has 0 saturated heterocycles. The van der Waals surface area contributed by atoms with Gasteiger partial charge in [-0.25, -0.2) is 9.36 Å². The molecule has 4 rings (SSSR count). The van der Waals surface area contributed by atoms with Crippen molar-refractivity contribution in [3.63, 3.8) is 0 Å². The molecule has 31 heavy (non-hydrogen) atoms. The van der Waals surface area contributed by atoms with Crippen molar-refractivity contribution in [2.75, 3.05) is 0 Å². The minimum absolute atomic E-state index is 0.161. The van der Waals surface area contributed by atoms with Crippen molar-refractivity contribution < 1.29 is 9.59 Å². The third-order valence-electron chi connectivity index (χ3n) is 4.67. The quantitative estimate of drug-likeness (QED) is 0.387. The molecular formula is C21H16BrN5O4. The van der Waals surface area contributed by atoms with Gasteiger partial charge in [-0.2, -0.15) is 0 Å². The Bertz CT molecular complexity index is 1440. The number of aryl methyl sites for hydroxylation is 1. The number of para-hydroxylation sites is 1. The number of amides is 2. The van der Waals surface area contributed by atoms with Gasteiger partial charge in [0.1, 0.15) is 5.69 Å². The molecule has 2 heterocycles. The van der Waals surface area contributed by atoms with Crippen LogP contribution in [-0.4, -0.2) is 25.9 Å². The van der Waals surface area contributed by atoms with Crippen LogP contribution in [0.5, 0.6) is 0 Å². The third-order valence-corrected chi connectivity index (χ3v) is 5.10. The number of nitrogens with zero attached hydrogens (tertiary/aromatic N) is 2. The predicted octanol–water partition coefficient (Wildman–Crippen LogP) is 1.85. The van der Waals surface area contributed by atoms with Gasteiger partial charge in [0.05, 0.1) is 16.6 Å². The lowest BCUT2D eigenvalue weighted by molar-refractivity contribution is 0.0842. The summed E-state index contributed by atoms with van der Waals surface area (Å²) in [5.41, 5.74) is 4.69. The first-order valence-electron chi connectivity index (χ1n) is 9.12. The van der Waals surface area contributed by atoms with Gasteiger partial charge in [0.15, 0.2) is 0 Å². The van der Waals surface area contributed by atoms with Crippen LogP contribution in [0, 0.1) is 0 Å². The van der Waals surface area contributed by atoms with E-state index in [4.69, 9.17) is 0 Å². The van der Waals surface area contributed by atoms with Crippen molar-refractivity contribution in [2.24, 2.45) is 7.05 Å². The van der Waals surface area contributed by atoms with Crippen LogP contribution < -0.4 is 22.1 Å². The van der Waals surface area contributed by atoms with Crippen molar-refractivity contribution in [3.8, 4) is 5.69 Å². The molecular weight excluding hydrogens is 466 g/mol. The molecule has 4 aromatic rings. The summed E-state index contributed by atoms with van der Waals surface area (Å²) in [5, 5.41) is 0.248. The van der Waals surface area contributed by atoms with Crippen LogP contribution in [0.25, 0.3) is 16.6 Å². The van der Waals surface area contributed by atoms with Gasteiger partial charge in [-0.3, -0.25) is 25.2 Å². The number of fused-ring (bicyclic) bond motifs is 1. The Morgan fingerprint density at radius 3 is 2.35 bits per heavy atom. The number of halogens is 1. The highest BCUT2D eigenvalue weighted by atomic mass is 79.9. The predicted molar refractivity (Wildman–Crippen MR) is 118 cm³/mol. The zero-order chi connectivity index (χ0) is 22.1. The Morgan fingerprint density at radius 2 is 1.68 bits per heavy atom. The topological polar surface area (TPSA) is 118 Å². The number of nitrogens with one attached hydrogen (secondary N) is 3. The fourth-order valence-corrected chi connectivity index (χ4v) is 3.69.